The van der Waals surface area contributed by atoms with Crippen molar-refractivity contribution >= 4 is 31.7 Å². The number of hydrogen-bond acceptors (Lipinski definition) is 24. The summed E-state index contributed by atoms with van der Waals surface area (Å²) in [6, 6.07) is 0. The number of aliphatic hydroxyl groups is 9. The van der Waals surface area contributed by atoms with Gasteiger partial charge in [-0.1, -0.05) is 381 Å². The third kappa shape index (κ3) is 51.8. The lowest BCUT2D eigenvalue weighted by Gasteiger charge is -2.50. The summed E-state index contributed by atoms with van der Waals surface area (Å²) < 4.78 is 73.6. The van der Waals surface area contributed by atoms with Crippen molar-refractivity contribution in [3.8, 4) is 0 Å². The van der Waals surface area contributed by atoms with Gasteiger partial charge in [-0.15, -0.1) is 0 Å². The second-order valence-corrected chi connectivity index (χ2v) is 36.6. The van der Waals surface area contributed by atoms with E-state index in [9.17, 15) is 74.6 Å². The van der Waals surface area contributed by atoms with E-state index in [2.05, 4.69) is 34.6 Å². The molecule has 702 valence electrons. The Balaban J connectivity index is 1.91. The Hall–Kier alpha value is -2.53. The highest BCUT2D eigenvalue weighted by atomic mass is 31.2. The Labute approximate surface area is 719 Å². The summed E-state index contributed by atoms with van der Waals surface area (Å²) in [5, 5.41) is 102. The molecule has 0 spiro atoms. The van der Waals surface area contributed by atoms with Crippen molar-refractivity contribution in [2.45, 2.75) is 537 Å². The number of rotatable bonds is 79. The highest BCUT2D eigenvalue weighted by molar-refractivity contribution is 7.47. The molecular weight excluding hydrogens is 1550 g/mol. The molecule has 1 saturated carbocycles. The summed E-state index contributed by atoms with van der Waals surface area (Å²) in [6.07, 6.45) is 27.9. The van der Waals surface area contributed by atoms with Crippen molar-refractivity contribution in [3.63, 3.8) is 0 Å². The zero-order valence-electron chi connectivity index (χ0n) is 75.1. The van der Waals surface area contributed by atoms with E-state index < -0.39 is 162 Å². The van der Waals surface area contributed by atoms with Gasteiger partial charge in [-0.3, -0.25) is 28.2 Å². The third-order valence-electron chi connectivity index (χ3n) is 24.3. The van der Waals surface area contributed by atoms with Gasteiger partial charge in [-0.2, -0.15) is 0 Å². The summed E-state index contributed by atoms with van der Waals surface area (Å²) in [5.41, 5.74) is 0. The van der Waals surface area contributed by atoms with Gasteiger partial charge in [0.1, 0.15) is 92.6 Å². The topological polar surface area (TPSA) is 380 Å². The van der Waals surface area contributed by atoms with Crippen molar-refractivity contribution in [2.75, 3.05) is 26.4 Å². The van der Waals surface area contributed by atoms with E-state index in [0.29, 0.717) is 38.0 Å². The first-order valence-corrected chi connectivity index (χ1v) is 50.2. The molecule has 19 atom stereocenters. The molecule has 3 rings (SSSR count). The quantitative estimate of drug-likeness (QED) is 0.0117. The maximum absolute atomic E-state index is 14.9. The highest BCUT2D eigenvalue weighted by Gasteiger charge is 2.60. The molecule has 0 aromatic heterocycles. The number of phosphoric ester groups is 1. The summed E-state index contributed by atoms with van der Waals surface area (Å²) in [6.45, 7) is 7.97. The highest BCUT2D eigenvalue weighted by Crippen LogP contribution is 2.49. The van der Waals surface area contributed by atoms with Crippen LogP contribution >= 0.6 is 7.82 Å². The van der Waals surface area contributed by atoms with Gasteiger partial charge in [0.15, 0.2) is 24.8 Å². The van der Waals surface area contributed by atoms with E-state index >= 15 is 0 Å². The molecule has 10 N–H and O–H groups in total. The van der Waals surface area contributed by atoms with Crippen LogP contribution in [0.4, 0.5) is 0 Å². The van der Waals surface area contributed by atoms with Crippen LogP contribution in [-0.4, -0.2) is 205 Å². The maximum Gasteiger partial charge on any atom is 0.472 e. The standard InChI is InChI=1S/C93H175O25P/c1-6-10-14-18-22-25-28-31-33-35-38-41-44-47-55-61-67-79(98)115-88-84(103)85(104)89(116-92-86(105)82(101)80(99)74(68-94)113-92)91(90(88)117-93-87(106)83(102)81(100)75(114-93)71-110-77(96)65-59-53-49-48-51-57-63-72(5)62-56-50-21-17-13-9-4)118-119(107,108)111-70-73(69-109-76(95)64-58-52-45-42-39-36-30-27-24-20-16-12-8-3)112-78(97)66-60-54-46-43-40-37-34-32-29-26-23-19-15-11-7-2/h72-75,80-94,99-106H,6-71H2,1-5H3,(H,107,108). The smallest absolute Gasteiger partial charge is 0.463 e. The summed E-state index contributed by atoms with van der Waals surface area (Å²) in [4.78, 5) is 66.6. The van der Waals surface area contributed by atoms with Crippen LogP contribution in [0.1, 0.15) is 433 Å². The van der Waals surface area contributed by atoms with Crippen LogP contribution in [-0.2, 0) is 70.7 Å². The van der Waals surface area contributed by atoms with Crippen LogP contribution in [0.15, 0.2) is 0 Å². The molecule has 0 radical (unpaired) electrons. The molecule has 2 saturated heterocycles. The number of esters is 4. The lowest BCUT2D eigenvalue weighted by Crippen LogP contribution is -2.70. The number of unbranched alkanes of at least 4 members (excludes halogenated alkanes) is 51. The van der Waals surface area contributed by atoms with Gasteiger partial charge < -0.3 is 88.7 Å². The summed E-state index contributed by atoms with van der Waals surface area (Å²) >= 11 is 0. The molecule has 19 unspecified atom stereocenters. The largest absolute Gasteiger partial charge is 0.472 e. The fraction of sp³-hybridized carbons (Fsp3) is 0.957. The van der Waals surface area contributed by atoms with Crippen LogP contribution in [0.5, 0.6) is 0 Å². The normalized spacial score (nSPS) is 25.0. The lowest BCUT2D eigenvalue weighted by molar-refractivity contribution is -0.360. The minimum Gasteiger partial charge on any atom is -0.463 e. The van der Waals surface area contributed by atoms with Crippen molar-refractivity contribution in [1.29, 1.82) is 0 Å². The van der Waals surface area contributed by atoms with Gasteiger partial charge >= 0.3 is 31.7 Å². The van der Waals surface area contributed by atoms with Gasteiger partial charge in [0.2, 0.25) is 0 Å². The minimum atomic E-state index is -5.80. The third-order valence-corrected chi connectivity index (χ3v) is 25.2. The van der Waals surface area contributed by atoms with E-state index in [1.807, 2.05) is 0 Å². The molecule has 119 heavy (non-hydrogen) atoms. The average molecular weight is 1720 g/mol. The second kappa shape index (κ2) is 71.5. The zero-order chi connectivity index (χ0) is 86.9. The Morgan fingerprint density at radius 2 is 0.630 bits per heavy atom. The maximum atomic E-state index is 14.9. The van der Waals surface area contributed by atoms with Crippen LogP contribution in [0, 0.1) is 5.92 Å². The Morgan fingerprint density at radius 3 is 1.00 bits per heavy atom. The van der Waals surface area contributed by atoms with Crippen molar-refractivity contribution < 1.29 is 122 Å². The molecule has 26 heteroatoms. The number of ether oxygens (including phenoxy) is 8. The molecule has 2 aliphatic heterocycles. The van der Waals surface area contributed by atoms with Crippen LogP contribution in [0.25, 0.3) is 0 Å². The zero-order valence-corrected chi connectivity index (χ0v) is 76.0. The molecule has 0 amide bonds. The van der Waals surface area contributed by atoms with E-state index in [1.54, 1.807) is 0 Å². The molecule has 25 nitrogen and oxygen atoms in total. The van der Waals surface area contributed by atoms with Crippen molar-refractivity contribution in [2.24, 2.45) is 5.92 Å². The van der Waals surface area contributed by atoms with E-state index in [1.165, 1.54) is 212 Å². The molecule has 3 aliphatic rings. The number of carbonyl (C=O) groups is 4. The van der Waals surface area contributed by atoms with Gasteiger partial charge in [-0.25, -0.2) is 4.57 Å². The molecule has 3 fully saturated rings. The number of hydrogen-bond donors (Lipinski definition) is 10. The molecule has 2 heterocycles. The Morgan fingerprint density at radius 1 is 0.328 bits per heavy atom. The summed E-state index contributed by atoms with van der Waals surface area (Å²) in [7, 11) is -5.80. The van der Waals surface area contributed by atoms with Crippen LogP contribution in [0.2, 0.25) is 0 Å². The number of carbonyl (C=O) groups excluding carboxylic acids is 4. The molecule has 0 bridgehead atoms. The predicted octanol–water partition coefficient (Wildman–Crippen LogP) is 18.4. The van der Waals surface area contributed by atoms with Crippen molar-refractivity contribution in [3.05, 3.63) is 0 Å². The molecular formula is C93H175O25P. The van der Waals surface area contributed by atoms with E-state index in [0.717, 1.165) is 128 Å². The fourth-order valence-corrected chi connectivity index (χ4v) is 17.4. The van der Waals surface area contributed by atoms with Gasteiger partial charge in [0, 0.05) is 25.7 Å². The molecule has 1 aliphatic carbocycles. The fourth-order valence-electron chi connectivity index (χ4n) is 16.4. The molecule has 0 aromatic rings. The first kappa shape index (κ1) is 111. The van der Waals surface area contributed by atoms with Crippen LogP contribution < -0.4 is 0 Å². The lowest BCUT2D eigenvalue weighted by atomic mass is 9.84. The van der Waals surface area contributed by atoms with Gasteiger partial charge in [-0.05, 0) is 31.6 Å². The first-order valence-electron chi connectivity index (χ1n) is 48.7. The monoisotopic (exact) mass is 1720 g/mol. The Kier molecular flexibility index (Phi) is 66.5. The minimum absolute atomic E-state index is 0.0174. The first-order chi connectivity index (χ1) is 57.6. The van der Waals surface area contributed by atoms with Gasteiger partial charge in [0.05, 0.1) is 13.2 Å². The Bertz CT molecular complexity index is 2490. The van der Waals surface area contributed by atoms with Gasteiger partial charge in [0.25, 0.3) is 0 Å². The van der Waals surface area contributed by atoms with E-state index in [4.69, 9.17) is 46.9 Å². The predicted molar refractivity (Wildman–Crippen MR) is 463 cm³/mol. The van der Waals surface area contributed by atoms with Crippen molar-refractivity contribution in [1.82, 2.24) is 0 Å². The number of phosphoric acid groups is 1. The summed E-state index contributed by atoms with van der Waals surface area (Å²) in [5.74, 6) is -2.25. The molecule has 0 aromatic carbocycles. The average Bonchev–Trinajstić information content (AvgIpc) is 0.754. The SMILES string of the molecule is CCCCCCCCCCCCCCCCCCC(=O)OC1C(O)C(O)C(OC2OC(CO)C(O)C(O)C2O)C(OP(=O)(O)OCC(COC(=O)CCCCCCCCCCCCCCC)OC(=O)CCCCCCCCCCCCCCCCC)C1OC1OC(COC(=O)CCCCCCCCC(C)CCCCCCCC)C(O)C(O)C1O. The van der Waals surface area contributed by atoms with E-state index in [-0.39, 0.29) is 25.7 Å². The second-order valence-electron chi connectivity index (χ2n) is 35.2. The van der Waals surface area contributed by atoms with Crippen LogP contribution in [0.3, 0.4) is 0 Å². The number of aliphatic hydroxyl groups excluding tert-OH is 9.